The van der Waals surface area contributed by atoms with Crippen molar-refractivity contribution in [3.63, 3.8) is 0 Å². The van der Waals surface area contributed by atoms with Crippen molar-refractivity contribution in [2.24, 2.45) is 11.8 Å². The van der Waals surface area contributed by atoms with Crippen LogP contribution < -0.4 is 5.32 Å². The largest absolute Gasteiger partial charge is 0.381 e. The zero-order valence-electron chi connectivity index (χ0n) is 6.31. The molecule has 2 nitrogen and oxygen atoms in total. The molecule has 2 fully saturated rings. The summed E-state index contributed by atoms with van der Waals surface area (Å²) >= 11 is 0. The molecule has 1 unspecified atom stereocenters. The second kappa shape index (κ2) is 2.89. The van der Waals surface area contributed by atoms with Gasteiger partial charge in [-0.2, -0.15) is 0 Å². The van der Waals surface area contributed by atoms with E-state index < -0.39 is 0 Å². The molecule has 1 N–H and O–H groups in total. The summed E-state index contributed by atoms with van der Waals surface area (Å²) in [6.07, 6.45) is 2.78. The van der Waals surface area contributed by atoms with Gasteiger partial charge in [-0.15, -0.1) is 0 Å². The summed E-state index contributed by atoms with van der Waals surface area (Å²) in [6, 6.07) is 0. The molecular weight excluding hydrogens is 126 g/mol. The summed E-state index contributed by atoms with van der Waals surface area (Å²) in [5.41, 5.74) is 0. The lowest BCUT2D eigenvalue weighted by Gasteiger charge is -2.36. The quantitative estimate of drug-likeness (QED) is 0.578. The average Bonchev–Trinajstić information content (AvgIpc) is 1.86. The highest BCUT2D eigenvalue weighted by atomic mass is 16.5. The van der Waals surface area contributed by atoms with Crippen molar-refractivity contribution in [2.45, 2.75) is 12.8 Å². The fourth-order valence-electron chi connectivity index (χ4n) is 1.81. The molecule has 0 aromatic carbocycles. The van der Waals surface area contributed by atoms with Gasteiger partial charge < -0.3 is 10.1 Å². The van der Waals surface area contributed by atoms with Crippen LogP contribution in [-0.2, 0) is 4.74 Å². The third kappa shape index (κ3) is 1.18. The molecule has 2 aliphatic heterocycles. The van der Waals surface area contributed by atoms with E-state index in [0.29, 0.717) is 0 Å². The van der Waals surface area contributed by atoms with Gasteiger partial charge in [-0.1, -0.05) is 0 Å². The first-order chi connectivity index (χ1) is 4.97. The third-order valence-corrected chi connectivity index (χ3v) is 2.67. The Morgan fingerprint density at radius 3 is 2.60 bits per heavy atom. The molecule has 2 rings (SSSR count). The van der Waals surface area contributed by atoms with Crippen LogP contribution in [-0.4, -0.2) is 26.3 Å². The summed E-state index contributed by atoms with van der Waals surface area (Å²) in [5.74, 6) is 1.80. The van der Waals surface area contributed by atoms with Crippen LogP contribution in [0.3, 0.4) is 0 Å². The summed E-state index contributed by atoms with van der Waals surface area (Å²) in [5, 5.41) is 3.43. The minimum atomic E-state index is 0.882. The van der Waals surface area contributed by atoms with Crippen molar-refractivity contribution >= 4 is 0 Å². The number of rotatable bonds is 1. The van der Waals surface area contributed by atoms with Gasteiger partial charge in [0, 0.05) is 5.92 Å². The number of ether oxygens (including phenoxy) is 1. The molecule has 0 aliphatic carbocycles. The van der Waals surface area contributed by atoms with Crippen LogP contribution in [0.25, 0.3) is 0 Å². The Bertz CT molecular complexity index is 106. The minimum absolute atomic E-state index is 0.882. The Balaban J connectivity index is 1.78. The van der Waals surface area contributed by atoms with Crippen LogP contribution >= 0.6 is 0 Å². The average molecular weight is 141 g/mol. The Hall–Kier alpha value is -0.0800. The number of hydrogen-bond acceptors (Lipinski definition) is 2. The van der Waals surface area contributed by atoms with Crippen molar-refractivity contribution in [1.82, 2.24) is 5.32 Å². The lowest BCUT2D eigenvalue weighted by molar-refractivity contribution is -0.0646. The van der Waals surface area contributed by atoms with E-state index in [1.54, 1.807) is 0 Å². The third-order valence-electron chi connectivity index (χ3n) is 2.67. The van der Waals surface area contributed by atoms with E-state index >= 15 is 0 Å². The molecule has 2 heteroatoms. The molecule has 0 radical (unpaired) electrons. The molecule has 10 heavy (non-hydrogen) atoms. The van der Waals surface area contributed by atoms with Crippen molar-refractivity contribution < 1.29 is 4.74 Å². The molecular formula is C8H15NO. The Labute approximate surface area is 61.9 Å². The molecule has 0 amide bonds. The lowest BCUT2D eigenvalue weighted by Crippen LogP contribution is -2.42. The minimum Gasteiger partial charge on any atom is -0.381 e. The molecule has 58 valence electrons. The van der Waals surface area contributed by atoms with E-state index in [2.05, 4.69) is 5.32 Å². The van der Waals surface area contributed by atoms with Crippen LogP contribution in [0, 0.1) is 11.8 Å². The fourth-order valence-corrected chi connectivity index (χ4v) is 1.81. The molecule has 0 saturated carbocycles. The molecule has 1 atom stereocenters. The van der Waals surface area contributed by atoms with E-state index in [-0.39, 0.29) is 0 Å². The van der Waals surface area contributed by atoms with E-state index in [1.807, 2.05) is 0 Å². The van der Waals surface area contributed by atoms with Crippen molar-refractivity contribution in [3.05, 3.63) is 0 Å². The smallest absolute Gasteiger partial charge is 0.0519 e. The standard InChI is InChI=1S/C8H15NO/c1-2-7(4-9-3-1)8-5-10-6-8/h7-9H,1-6H2. The first kappa shape index (κ1) is 6.62. The summed E-state index contributed by atoms with van der Waals surface area (Å²) in [7, 11) is 0. The molecule has 2 saturated heterocycles. The van der Waals surface area contributed by atoms with Gasteiger partial charge in [-0.3, -0.25) is 0 Å². The molecule has 2 aliphatic rings. The summed E-state index contributed by atoms with van der Waals surface area (Å²) in [4.78, 5) is 0. The monoisotopic (exact) mass is 141 g/mol. The number of hydrogen-bond donors (Lipinski definition) is 1. The molecule has 0 aromatic heterocycles. The Morgan fingerprint density at radius 2 is 2.10 bits per heavy atom. The maximum Gasteiger partial charge on any atom is 0.0519 e. The second-order valence-corrected chi connectivity index (χ2v) is 3.40. The SMILES string of the molecule is C1CNCC(C2COC2)C1. The van der Waals surface area contributed by atoms with Gasteiger partial charge in [0.05, 0.1) is 13.2 Å². The van der Waals surface area contributed by atoms with E-state index in [4.69, 9.17) is 4.74 Å². The predicted molar refractivity (Wildman–Crippen MR) is 39.9 cm³/mol. The number of piperidine rings is 1. The first-order valence-electron chi connectivity index (χ1n) is 4.25. The van der Waals surface area contributed by atoms with Crippen LogP contribution in [0.2, 0.25) is 0 Å². The lowest BCUT2D eigenvalue weighted by atomic mass is 9.85. The van der Waals surface area contributed by atoms with Crippen molar-refractivity contribution in [2.75, 3.05) is 26.3 Å². The maximum absolute atomic E-state index is 5.16. The topological polar surface area (TPSA) is 21.3 Å². The van der Waals surface area contributed by atoms with Crippen LogP contribution in [0.15, 0.2) is 0 Å². The fraction of sp³-hybridized carbons (Fsp3) is 1.00. The highest BCUT2D eigenvalue weighted by Crippen LogP contribution is 2.25. The molecule has 0 bridgehead atoms. The van der Waals surface area contributed by atoms with Gasteiger partial charge >= 0.3 is 0 Å². The predicted octanol–water partition coefficient (Wildman–Crippen LogP) is 0.632. The van der Waals surface area contributed by atoms with Gasteiger partial charge in [0.2, 0.25) is 0 Å². The van der Waals surface area contributed by atoms with Gasteiger partial charge in [0.25, 0.3) is 0 Å². The Morgan fingerprint density at radius 1 is 1.20 bits per heavy atom. The molecule has 2 heterocycles. The second-order valence-electron chi connectivity index (χ2n) is 3.40. The van der Waals surface area contributed by atoms with Gasteiger partial charge in [-0.05, 0) is 31.8 Å². The van der Waals surface area contributed by atoms with Crippen LogP contribution in [0.5, 0.6) is 0 Å². The highest BCUT2D eigenvalue weighted by molar-refractivity contribution is 4.79. The van der Waals surface area contributed by atoms with Crippen molar-refractivity contribution in [1.29, 1.82) is 0 Å². The molecule has 0 aromatic rings. The van der Waals surface area contributed by atoms with E-state index in [0.717, 1.165) is 25.0 Å². The van der Waals surface area contributed by atoms with Crippen LogP contribution in [0.1, 0.15) is 12.8 Å². The normalized spacial score (nSPS) is 35.4. The summed E-state index contributed by atoms with van der Waals surface area (Å²) in [6.45, 7) is 4.50. The zero-order chi connectivity index (χ0) is 6.81. The first-order valence-corrected chi connectivity index (χ1v) is 4.25. The zero-order valence-corrected chi connectivity index (χ0v) is 6.31. The number of nitrogens with one attached hydrogen (secondary N) is 1. The van der Waals surface area contributed by atoms with E-state index in [1.165, 1.54) is 25.9 Å². The van der Waals surface area contributed by atoms with Crippen LogP contribution in [0.4, 0.5) is 0 Å². The van der Waals surface area contributed by atoms with Crippen molar-refractivity contribution in [3.8, 4) is 0 Å². The van der Waals surface area contributed by atoms with Gasteiger partial charge in [0.1, 0.15) is 0 Å². The maximum atomic E-state index is 5.16. The summed E-state index contributed by atoms with van der Waals surface area (Å²) < 4.78 is 5.16. The highest BCUT2D eigenvalue weighted by Gasteiger charge is 2.28. The van der Waals surface area contributed by atoms with Gasteiger partial charge in [0.15, 0.2) is 0 Å². The van der Waals surface area contributed by atoms with E-state index in [9.17, 15) is 0 Å². The van der Waals surface area contributed by atoms with Gasteiger partial charge in [-0.25, -0.2) is 0 Å². The molecule has 0 spiro atoms. The Kier molecular flexibility index (Phi) is 1.91.